The molecule has 1 saturated heterocycles. The molecule has 0 radical (unpaired) electrons. The summed E-state index contributed by atoms with van der Waals surface area (Å²) >= 11 is 3.94. The molecular formula is C21H20N2O2S2. The van der Waals surface area contributed by atoms with Crippen molar-refractivity contribution in [3.8, 4) is 0 Å². The van der Waals surface area contributed by atoms with E-state index in [0.717, 1.165) is 16.7 Å². The fourth-order valence-corrected chi connectivity index (χ4v) is 5.83. The van der Waals surface area contributed by atoms with Gasteiger partial charge in [-0.15, -0.1) is 23.5 Å². The monoisotopic (exact) mass is 396 g/mol. The average Bonchev–Trinajstić information content (AvgIpc) is 2.73. The molecule has 1 aromatic heterocycles. The van der Waals surface area contributed by atoms with Crippen LogP contribution in [0.25, 0.3) is 11.0 Å². The molecule has 2 heterocycles. The van der Waals surface area contributed by atoms with Crippen LogP contribution in [-0.2, 0) is 11.3 Å². The summed E-state index contributed by atoms with van der Waals surface area (Å²) in [5.41, 5.74) is 4.95. The van der Waals surface area contributed by atoms with Gasteiger partial charge in [0.05, 0.1) is 32.6 Å². The van der Waals surface area contributed by atoms with Crippen LogP contribution in [-0.4, -0.2) is 27.4 Å². The quantitative estimate of drug-likeness (QED) is 0.568. The molecule has 1 fully saturated rings. The van der Waals surface area contributed by atoms with Gasteiger partial charge in [0.25, 0.3) is 0 Å². The maximum Gasteiger partial charge on any atom is 0.338 e. The molecule has 0 amide bonds. The number of carbonyl (C=O) groups is 1. The van der Waals surface area contributed by atoms with Crippen LogP contribution in [0, 0.1) is 6.92 Å². The highest BCUT2D eigenvalue weighted by Gasteiger charge is 2.17. The number of nitrogens with zero attached hydrogens (tertiary/aromatic N) is 2. The number of aromatic nitrogens is 2. The van der Waals surface area contributed by atoms with E-state index < -0.39 is 0 Å². The van der Waals surface area contributed by atoms with Crippen LogP contribution < -0.4 is 0 Å². The minimum absolute atomic E-state index is 0.124. The molecule has 0 spiro atoms. The van der Waals surface area contributed by atoms with Crippen LogP contribution in [0.2, 0.25) is 0 Å². The molecule has 4 rings (SSSR count). The Morgan fingerprint density at radius 3 is 2.41 bits per heavy atom. The molecule has 0 atom stereocenters. The molecule has 1 aliphatic heterocycles. The lowest BCUT2D eigenvalue weighted by molar-refractivity contribution is 0.0467. The first-order valence-corrected chi connectivity index (χ1v) is 11.0. The highest BCUT2D eigenvalue weighted by atomic mass is 32.2. The number of hydrogen-bond acceptors (Lipinski definition) is 6. The summed E-state index contributed by atoms with van der Waals surface area (Å²) in [6.45, 7) is 2.01. The van der Waals surface area contributed by atoms with Crippen molar-refractivity contribution in [2.75, 3.05) is 11.5 Å². The number of ether oxygens (including phenoxy) is 1. The van der Waals surface area contributed by atoms with Gasteiger partial charge in [0.1, 0.15) is 6.61 Å². The molecule has 0 unspecified atom stereocenters. The smallest absolute Gasteiger partial charge is 0.338 e. The van der Waals surface area contributed by atoms with Crippen LogP contribution in [0.5, 0.6) is 0 Å². The predicted molar refractivity (Wildman–Crippen MR) is 112 cm³/mol. The van der Waals surface area contributed by atoms with Gasteiger partial charge in [0.2, 0.25) is 0 Å². The first-order valence-electron chi connectivity index (χ1n) is 8.93. The van der Waals surface area contributed by atoms with Crippen molar-refractivity contribution >= 4 is 40.5 Å². The summed E-state index contributed by atoms with van der Waals surface area (Å²) in [6.07, 6.45) is 1.27. The van der Waals surface area contributed by atoms with Crippen LogP contribution in [0.3, 0.4) is 0 Å². The zero-order valence-electron chi connectivity index (χ0n) is 15.1. The van der Waals surface area contributed by atoms with Gasteiger partial charge in [0, 0.05) is 0 Å². The lowest BCUT2D eigenvalue weighted by Gasteiger charge is -2.21. The van der Waals surface area contributed by atoms with Gasteiger partial charge in [0.15, 0.2) is 0 Å². The highest BCUT2D eigenvalue weighted by molar-refractivity contribution is 8.16. The van der Waals surface area contributed by atoms with E-state index in [1.165, 1.54) is 23.5 Å². The van der Waals surface area contributed by atoms with Gasteiger partial charge in [-0.1, -0.05) is 24.3 Å². The summed E-state index contributed by atoms with van der Waals surface area (Å²) in [7, 11) is 0. The Kier molecular flexibility index (Phi) is 5.64. The molecule has 6 heteroatoms. The zero-order valence-corrected chi connectivity index (χ0v) is 16.7. The van der Waals surface area contributed by atoms with E-state index >= 15 is 0 Å². The largest absolute Gasteiger partial charge is 0.456 e. The van der Waals surface area contributed by atoms with E-state index in [1.807, 2.05) is 79.0 Å². The molecule has 3 aromatic rings. The molecule has 0 saturated carbocycles. The van der Waals surface area contributed by atoms with Gasteiger partial charge >= 0.3 is 5.97 Å². The lowest BCUT2D eigenvalue weighted by atomic mass is 10.1. The lowest BCUT2D eigenvalue weighted by Crippen LogP contribution is -2.08. The molecule has 0 aliphatic carbocycles. The molecule has 1 aliphatic rings. The van der Waals surface area contributed by atoms with E-state index in [0.29, 0.717) is 15.8 Å². The summed E-state index contributed by atoms with van der Waals surface area (Å²) in [6, 6.07) is 15.5. The second kappa shape index (κ2) is 8.31. The fourth-order valence-electron chi connectivity index (χ4n) is 2.94. The first-order chi connectivity index (χ1) is 13.2. The SMILES string of the molecule is Cc1nc2ccccc2nc1COC(=O)c1ccc(C2SCCCS2)cc1. The number of rotatable bonds is 4. The minimum atomic E-state index is -0.333. The van der Waals surface area contributed by atoms with E-state index in [4.69, 9.17) is 4.74 Å². The van der Waals surface area contributed by atoms with Crippen molar-refractivity contribution in [2.45, 2.75) is 24.5 Å². The summed E-state index contributed by atoms with van der Waals surface area (Å²) in [5, 5.41) is 0. The number of para-hydroxylation sites is 2. The summed E-state index contributed by atoms with van der Waals surface area (Å²) in [5.74, 6) is 2.07. The normalized spacial score (nSPS) is 15.0. The van der Waals surface area contributed by atoms with Gasteiger partial charge in [-0.05, 0) is 54.7 Å². The maximum absolute atomic E-state index is 12.4. The number of hydrogen-bond donors (Lipinski definition) is 0. The zero-order chi connectivity index (χ0) is 18.6. The average molecular weight is 397 g/mol. The Labute approximate surface area is 167 Å². The molecule has 27 heavy (non-hydrogen) atoms. The van der Waals surface area contributed by atoms with Crippen molar-refractivity contribution in [2.24, 2.45) is 0 Å². The predicted octanol–water partition coefficient (Wildman–Crippen LogP) is 5.16. The van der Waals surface area contributed by atoms with Crippen molar-refractivity contribution < 1.29 is 9.53 Å². The van der Waals surface area contributed by atoms with E-state index in [-0.39, 0.29) is 12.6 Å². The third-order valence-corrected chi connectivity index (χ3v) is 7.44. The highest BCUT2D eigenvalue weighted by Crippen LogP contribution is 2.43. The number of fused-ring (bicyclic) bond motifs is 1. The van der Waals surface area contributed by atoms with Gasteiger partial charge < -0.3 is 4.74 Å². The summed E-state index contributed by atoms with van der Waals surface area (Å²) < 4.78 is 5.95. The molecule has 138 valence electrons. The molecule has 0 bridgehead atoms. The topological polar surface area (TPSA) is 52.1 Å². The molecule has 4 nitrogen and oxygen atoms in total. The Hall–Kier alpha value is -2.05. The Balaban J connectivity index is 1.42. The molecule has 2 aromatic carbocycles. The number of esters is 1. The minimum Gasteiger partial charge on any atom is -0.456 e. The first kappa shape index (κ1) is 18.3. The number of benzene rings is 2. The van der Waals surface area contributed by atoms with Crippen molar-refractivity contribution in [3.63, 3.8) is 0 Å². The van der Waals surface area contributed by atoms with Crippen LogP contribution in [0.15, 0.2) is 48.5 Å². The van der Waals surface area contributed by atoms with E-state index in [9.17, 15) is 4.79 Å². The number of aryl methyl sites for hydroxylation is 1. The van der Waals surface area contributed by atoms with Gasteiger partial charge in [-0.25, -0.2) is 14.8 Å². The Morgan fingerprint density at radius 2 is 1.70 bits per heavy atom. The number of carbonyl (C=O) groups excluding carboxylic acids is 1. The molecular weight excluding hydrogens is 376 g/mol. The van der Waals surface area contributed by atoms with Crippen molar-refractivity contribution in [1.82, 2.24) is 9.97 Å². The third-order valence-electron chi connectivity index (χ3n) is 4.43. The van der Waals surface area contributed by atoms with E-state index in [1.54, 1.807) is 0 Å². The van der Waals surface area contributed by atoms with Crippen LogP contribution >= 0.6 is 23.5 Å². The van der Waals surface area contributed by atoms with Crippen LogP contribution in [0.4, 0.5) is 0 Å². The maximum atomic E-state index is 12.4. The second-order valence-corrected chi connectivity index (χ2v) is 9.09. The fraction of sp³-hybridized carbons (Fsp3) is 0.286. The summed E-state index contributed by atoms with van der Waals surface area (Å²) in [4.78, 5) is 21.5. The Morgan fingerprint density at radius 1 is 1.04 bits per heavy atom. The standard InChI is InChI=1S/C21H20N2O2S2/c1-14-19(23-18-6-3-2-5-17(18)22-14)13-25-20(24)15-7-9-16(10-8-15)21-26-11-4-12-27-21/h2-3,5-10,21H,4,11-13H2,1H3. The second-order valence-electron chi connectivity index (χ2n) is 6.37. The van der Waals surface area contributed by atoms with Gasteiger partial charge in [-0.2, -0.15) is 0 Å². The van der Waals surface area contributed by atoms with Crippen molar-refractivity contribution in [1.29, 1.82) is 0 Å². The Bertz CT molecular complexity index is 954. The van der Waals surface area contributed by atoms with Crippen LogP contribution in [0.1, 0.15) is 38.3 Å². The van der Waals surface area contributed by atoms with E-state index in [2.05, 4.69) is 9.97 Å². The molecule has 0 N–H and O–H groups in total. The van der Waals surface area contributed by atoms with Crippen molar-refractivity contribution in [3.05, 3.63) is 71.0 Å². The third kappa shape index (κ3) is 4.28. The number of thioether (sulfide) groups is 2. The van der Waals surface area contributed by atoms with Gasteiger partial charge in [-0.3, -0.25) is 0 Å².